The molecule has 0 aliphatic carbocycles. The van der Waals surface area contributed by atoms with Crippen LogP contribution >= 0.6 is 15.9 Å². The number of likely N-dealkylation sites (tertiary alicyclic amines) is 1. The standard InChI is InChI=1S/C15H20BrNO2/c1-10-4-3-5-11(2)17(10)9-13-7-6-12(15(18)19)8-14(13)16/h6-8,10-11H,3-5,9H2,1-2H3,(H,18,19)/t10-,11+. The molecule has 1 N–H and O–H groups in total. The summed E-state index contributed by atoms with van der Waals surface area (Å²) in [5.41, 5.74) is 1.49. The number of nitrogens with zero attached hydrogens (tertiary/aromatic N) is 1. The Morgan fingerprint density at radius 3 is 2.53 bits per heavy atom. The fraction of sp³-hybridized carbons (Fsp3) is 0.533. The van der Waals surface area contributed by atoms with E-state index in [1.165, 1.54) is 19.3 Å². The van der Waals surface area contributed by atoms with Crippen LogP contribution in [0.4, 0.5) is 0 Å². The maximum atomic E-state index is 10.9. The van der Waals surface area contributed by atoms with Gasteiger partial charge in [0.15, 0.2) is 0 Å². The SMILES string of the molecule is C[C@@H]1CCC[C@H](C)N1Cc1ccc(C(=O)O)cc1Br. The Morgan fingerprint density at radius 1 is 1.37 bits per heavy atom. The number of hydrogen-bond acceptors (Lipinski definition) is 2. The minimum absolute atomic E-state index is 0.329. The van der Waals surface area contributed by atoms with Crippen LogP contribution in [0.25, 0.3) is 0 Å². The molecular weight excluding hydrogens is 306 g/mol. The second kappa shape index (κ2) is 6.06. The van der Waals surface area contributed by atoms with Crippen molar-refractivity contribution in [2.24, 2.45) is 0 Å². The van der Waals surface area contributed by atoms with Crippen molar-refractivity contribution in [2.75, 3.05) is 0 Å². The molecule has 0 unspecified atom stereocenters. The molecule has 0 radical (unpaired) electrons. The maximum absolute atomic E-state index is 10.9. The molecule has 1 heterocycles. The summed E-state index contributed by atoms with van der Waals surface area (Å²) < 4.78 is 0.886. The number of carboxylic acid groups (broad SMARTS) is 1. The van der Waals surface area contributed by atoms with E-state index in [4.69, 9.17) is 5.11 Å². The van der Waals surface area contributed by atoms with Gasteiger partial charge in [-0.3, -0.25) is 4.90 Å². The smallest absolute Gasteiger partial charge is 0.335 e. The van der Waals surface area contributed by atoms with Crippen molar-refractivity contribution >= 4 is 21.9 Å². The van der Waals surface area contributed by atoms with E-state index in [1.807, 2.05) is 6.07 Å². The van der Waals surface area contributed by atoms with E-state index in [2.05, 4.69) is 34.7 Å². The third-order valence-electron chi connectivity index (χ3n) is 4.03. The lowest BCUT2D eigenvalue weighted by atomic mass is 9.96. The lowest BCUT2D eigenvalue weighted by Gasteiger charge is -2.39. The second-order valence-electron chi connectivity index (χ2n) is 5.41. The number of halogens is 1. The first-order chi connectivity index (χ1) is 8.99. The summed E-state index contributed by atoms with van der Waals surface area (Å²) in [4.78, 5) is 13.4. The van der Waals surface area contributed by atoms with Crippen LogP contribution in [-0.4, -0.2) is 28.1 Å². The predicted molar refractivity (Wildman–Crippen MR) is 79.4 cm³/mol. The van der Waals surface area contributed by atoms with Gasteiger partial charge in [-0.05, 0) is 44.4 Å². The van der Waals surface area contributed by atoms with Crippen LogP contribution < -0.4 is 0 Å². The van der Waals surface area contributed by atoms with Crippen LogP contribution in [0.2, 0.25) is 0 Å². The molecule has 1 fully saturated rings. The summed E-state index contributed by atoms with van der Waals surface area (Å²) in [5, 5.41) is 8.97. The molecule has 1 aliphatic rings. The molecule has 19 heavy (non-hydrogen) atoms. The molecule has 1 aromatic rings. The lowest BCUT2D eigenvalue weighted by molar-refractivity contribution is 0.0696. The zero-order valence-electron chi connectivity index (χ0n) is 11.4. The largest absolute Gasteiger partial charge is 0.478 e. The zero-order valence-corrected chi connectivity index (χ0v) is 13.0. The summed E-state index contributed by atoms with van der Waals surface area (Å²) in [5.74, 6) is -0.882. The van der Waals surface area contributed by atoms with Gasteiger partial charge < -0.3 is 5.11 Å². The van der Waals surface area contributed by atoms with Gasteiger partial charge in [-0.1, -0.05) is 28.4 Å². The van der Waals surface area contributed by atoms with E-state index in [1.54, 1.807) is 12.1 Å². The van der Waals surface area contributed by atoms with Gasteiger partial charge in [0.05, 0.1) is 5.56 Å². The predicted octanol–water partition coefficient (Wildman–Crippen LogP) is 3.91. The molecule has 104 valence electrons. The fourth-order valence-electron chi connectivity index (χ4n) is 2.79. The van der Waals surface area contributed by atoms with E-state index in [-0.39, 0.29) is 0 Å². The molecule has 1 saturated heterocycles. The van der Waals surface area contributed by atoms with Gasteiger partial charge >= 0.3 is 5.97 Å². The summed E-state index contributed by atoms with van der Waals surface area (Å²) in [6.45, 7) is 5.42. The van der Waals surface area contributed by atoms with Crippen molar-refractivity contribution in [3.63, 3.8) is 0 Å². The fourth-order valence-corrected chi connectivity index (χ4v) is 3.30. The first-order valence-corrected chi connectivity index (χ1v) is 7.56. The molecule has 3 nitrogen and oxygen atoms in total. The minimum atomic E-state index is -0.882. The van der Waals surface area contributed by atoms with Crippen LogP contribution in [-0.2, 0) is 6.54 Å². The molecule has 1 aromatic carbocycles. The number of piperidine rings is 1. The molecule has 0 saturated carbocycles. The molecule has 1 aliphatic heterocycles. The molecule has 4 heteroatoms. The van der Waals surface area contributed by atoms with E-state index >= 15 is 0 Å². The zero-order chi connectivity index (χ0) is 14.0. The number of rotatable bonds is 3. The summed E-state index contributed by atoms with van der Waals surface area (Å²) in [6.07, 6.45) is 3.79. The highest BCUT2D eigenvalue weighted by molar-refractivity contribution is 9.10. The summed E-state index contributed by atoms with van der Waals surface area (Å²) in [7, 11) is 0. The van der Waals surface area contributed by atoms with Crippen LogP contribution in [0.5, 0.6) is 0 Å². The van der Waals surface area contributed by atoms with Gasteiger partial charge in [-0.25, -0.2) is 4.79 Å². The molecular formula is C15H20BrNO2. The highest BCUT2D eigenvalue weighted by Crippen LogP contribution is 2.27. The normalized spacial score (nSPS) is 24.4. The van der Waals surface area contributed by atoms with E-state index in [0.29, 0.717) is 17.6 Å². The van der Waals surface area contributed by atoms with Gasteiger partial charge in [0.1, 0.15) is 0 Å². The number of benzene rings is 1. The first-order valence-electron chi connectivity index (χ1n) is 6.76. The van der Waals surface area contributed by atoms with Gasteiger partial charge in [0, 0.05) is 23.1 Å². The quantitative estimate of drug-likeness (QED) is 0.915. The van der Waals surface area contributed by atoms with Crippen LogP contribution in [0.3, 0.4) is 0 Å². The van der Waals surface area contributed by atoms with Crippen molar-refractivity contribution in [3.05, 3.63) is 33.8 Å². The average Bonchev–Trinajstić information content (AvgIpc) is 2.35. The van der Waals surface area contributed by atoms with Crippen LogP contribution in [0.1, 0.15) is 49.0 Å². The monoisotopic (exact) mass is 325 g/mol. The Hall–Kier alpha value is -0.870. The molecule has 0 amide bonds. The minimum Gasteiger partial charge on any atom is -0.478 e. The molecule has 2 atom stereocenters. The Morgan fingerprint density at radius 2 is 2.00 bits per heavy atom. The van der Waals surface area contributed by atoms with Crippen molar-refractivity contribution in [1.29, 1.82) is 0 Å². The van der Waals surface area contributed by atoms with E-state index < -0.39 is 5.97 Å². The Kier molecular flexibility index (Phi) is 4.63. The average molecular weight is 326 g/mol. The van der Waals surface area contributed by atoms with Gasteiger partial charge in [-0.2, -0.15) is 0 Å². The number of aromatic carboxylic acids is 1. The highest BCUT2D eigenvalue weighted by atomic mass is 79.9. The van der Waals surface area contributed by atoms with Crippen LogP contribution in [0, 0.1) is 0 Å². The third kappa shape index (κ3) is 3.37. The van der Waals surface area contributed by atoms with Crippen molar-refractivity contribution < 1.29 is 9.90 Å². The molecule has 2 rings (SSSR count). The molecule has 0 bridgehead atoms. The summed E-state index contributed by atoms with van der Waals surface area (Å²) in [6, 6.07) is 6.48. The topological polar surface area (TPSA) is 40.5 Å². The van der Waals surface area contributed by atoms with Crippen LogP contribution in [0.15, 0.2) is 22.7 Å². The van der Waals surface area contributed by atoms with Gasteiger partial charge in [-0.15, -0.1) is 0 Å². The van der Waals surface area contributed by atoms with Crippen molar-refractivity contribution in [2.45, 2.75) is 51.7 Å². The molecule has 0 aromatic heterocycles. The number of carboxylic acids is 1. The first kappa shape index (κ1) is 14.5. The van der Waals surface area contributed by atoms with Crippen molar-refractivity contribution in [3.8, 4) is 0 Å². The molecule has 0 spiro atoms. The Bertz CT molecular complexity index is 465. The Labute approximate surface area is 122 Å². The number of hydrogen-bond donors (Lipinski definition) is 1. The third-order valence-corrected chi connectivity index (χ3v) is 4.77. The second-order valence-corrected chi connectivity index (χ2v) is 6.27. The Balaban J connectivity index is 2.16. The van der Waals surface area contributed by atoms with Gasteiger partial charge in [0.25, 0.3) is 0 Å². The van der Waals surface area contributed by atoms with E-state index in [0.717, 1.165) is 16.6 Å². The summed E-state index contributed by atoms with van der Waals surface area (Å²) >= 11 is 3.49. The maximum Gasteiger partial charge on any atom is 0.335 e. The highest BCUT2D eigenvalue weighted by Gasteiger charge is 2.25. The number of carbonyl (C=O) groups is 1. The lowest BCUT2D eigenvalue weighted by Crippen LogP contribution is -2.43. The van der Waals surface area contributed by atoms with Crippen molar-refractivity contribution in [1.82, 2.24) is 4.90 Å². The van der Waals surface area contributed by atoms with E-state index in [9.17, 15) is 4.79 Å². The van der Waals surface area contributed by atoms with Gasteiger partial charge in [0.2, 0.25) is 0 Å².